The third kappa shape index (κ3) is 3.91. The van der Waals surface area contributed by atoms with Gasteiger partial charge in [0.1, 0.15) is 10.7 Å². The number of rotatable bonds is 5. The number of anilines is 3. The van der Waals surface area contributed by atoms with Gasteiger partial charge in [0.05, 0.1) is 34.2 Å². The minimum Gasteiger partial charge on any atom is -0.394 e. The number of fused-ring (bicyclic) bond motifs is 1. The fourth-order valence-electron chi connectivity index (χ4n) is 4.43. The van der Waals surface area contributed by atoms with Gasteiger partial charge >= 0.3 is 0 Å². The molecule has 1 saturated heterocycles. The first-order valence-electron chi connectivity index (χ1n) is 11.1. The molecule has 10 heteroatoms. The van der Waals surface area contributed by atoms with E-state index in [9.17, 15) is 9.32 Å². The van der Waals surface area contributed by atoms with Gasteiger partial charge in [0.2, 0.25) is 11.9 Å². The Morgan fingerprint density at radius 2 is 1.78 bits per heavy atom. The van der Waals surface area contributed by atoms with Crippen molar-refractivity contribution in [1.82, 2.24) is 19.9 Å². The number of aliphatic hydroxyl groups is 1. The molecule has 2 aromatic heterocycles. The van der Waals surface area contributed by atoms with Crippen molar-refractivity contribution in [1.29, 1.82) is 0 Å². The van der Waals surface area contributed by atoms with Crippen LogP contribution in [0.5, 0.6) is 0 Å². The van der Waals surface area contributed by atoms with Crippen LogP contribution in [0.4, 0.5) is 17.7 Å². The molecule has 0 radical (unpaired) electrons. The molecule has 2 aliphatic heterocycles. The van der Waals surface area contributed by atoms with Crippen molar-refractivity contribution in [2.45, 2.75) is 42.5 Å². The van der Waals surface area contributed by atoms with Crippen molar-refractivity contribution in [3.8, 4) is 12.3 Å². The number of aryl methyl sites for hydroxylation is 1. The topological polar surface area (TPSA) is 107 Å². The highest BCUT2D eigenvalue weighted by Gasteiger charge is 2.38. The normalized spacial score (nSPS) is 21.9. The second-order valence-electron chi connectivity index (χ2n) is 8.61. The number of terminal acetylenes is 1. The highest BCUT2D eigenvalue weighted by molar-refractivity contribution is 7.85. The number of hydrogen-bond acceptors (Lipinski definition) is 9. The number of aliphatic hydroxyl groups excluding tert-OH is 1. The summed E-state index contributed by atoms with van der Waals surface area (Å²) in [6.45, 7) is 2.99. The summed E-state index contributed by atoms with van der Waals surface area (Å²) in [5.74, 6) is 5.12. The second-order valence-corrected chi connectivity index (χ2v) is 10.1. The van der Waals surface area contributed by atoms with Gasteiger partial charge in [-0.15, -0.1) is 6.42 Å². The number of aromatic nitrogens is 4. The molecular formula is C22H27N7O2S. The molecule has 3 aliphatic rings. The Hall–Kier alpha value is -2.77. The summed E-state index contributed by atoms with van der Waals surface area (Å²) >= 11 is 0. The van der Waals surface area contributed by atoms with Gasteiger partial charge in [0, 0.05) is 44.3 Å². The molecule has 32 heavy (non-hydrogen) atoms. The molecule has 0 bridgehead atoms. The van der Waals surface area contributed by atoms with Gasteiger partial charge in [-0.1, -0.05) is 5.92 Å². The first-order chi connectivity index (χ1) is 15.6. The predicted octanol–water partition coefficient (Wildman–Crippen LogP) is 0.955. The van der Waals surface area contributed by atoms with Gasteiger partial charge < -0.3 is 20.2 Å². The van der Waals surface area contributed by atoms with E-state index in [0.717, 1.165) is 68.9 Å². The zero-order valence-electron chi connectivity index (χ0n) is 18.0. The number of nitrogens with zero attached hydrogens (tertiary/aromatic N) is 6. The quantitative estimate of drug-likeness (QED) is 0.640. The van der Waals surface area contributed by atoms with Gasteiger partial charge in [-0.05, 0) is 32.1 Å². The standard InChI is InChI=1S/C22H27N7O2S/c1-2-16-13-23-20(24-14-16)28-8-10-29(11-9-28)21-25-17-5-3-12-32(31)18(17)19(26-21)27-22(15-30)6-4-7-22/h1,13-14,30H,3-12,15H2,(H,25,26,27)/t32-/m0/s1. The fraction of sp³-hybridized carbons (Fsp3) is 0.545. The minimum absolute atomic E-state index is 0.0465. The van der Waals surface area contributed by atoms with Crippen molar-refractivity contribution in [2.24, 2.45) is 0 Å². The van der Waals surface area contributed by atoms with Crippen LogP contribution in [-0.4, -0.2) is 73.3 Å². The highest BCUT2D eigenvalue weighted by Crippen LogP contribution is 2.38. The Bertz CT molecular complexity index is 1050. The molecule has 1 saturated carbocycles. The Kier molecular flexibility index (Phi) is 5.69. The van der Waals surface area contributed by atoms with Crippen LogP contribution < -0.4 is 15.1 Å². The van der Waals surface area contributed by atoms with Crippen LogP contribution in [0.15, 0.2) is 17.3 Å². The van der Waals surface area contributed by atoms with Gasteiger partial charge in [0.25, 0.3) is 0 Å². The monoisotopic (exact) mass is 453 g/mol. The molecule has 4 heterocycles. The summed E-state index contributed by atoms with van der Waals surface area (Å²) in [7, 11) is -1.11. The molecule has 0 unspecified atom stereocenters. The molecule has 2 aromatic rings. The summed E-state index contributed by atoms with van der Waals surface area (Å²) in [6, 6.07) is 0. The van der Waals surface area contributed by atoms with E-state index in [-0.39, 0.29) is 12.1 Å². The third-order valence-corrected chi connectivity index (χ3v) is 8.09. The largest absolute Gasteiger partial charge is 0.394 e. The summed E-state index contributed by atoms with van der Waals surface area (Å²) in [5.41, 5.74) is 1.17. The SMILES string of the molecule is C#Cc1cnc(N2CCN(c3nc4c(c(NC5(CO)CCC5)n3)[S@@](=O)CCC4)CC2)nc1. The van der Waals surface area contributed by atoms with Crippen LogP contribution in [-0.2, 0) is 17.2 Å². The molecule has 1 aliphatic carbocycles. The first-order valence-corrected chi connectivity index (χ1v) is 12.4. The van der Waals surface area contributed by atoms with Gasteiger partial charge in [-0.2, -0.15) is 4.98 Å². The average molecular weight is 454 g/mol. The van der Waals surface area contributed by atoms with Crippen LogP contribution in [0.2, 0.25) is 0 Å². The summed E-state index contributed by atoms with van der Waals surface area (Å²) in [4.78, 5) is 23.4. The highest BCUT2D eigenvalue weighted by atomic mass is 32.2. The zero-order valence-corrected chi connectivity index (χ0v) is 18.8. The Morgan fingerprint density at radius 3 is 2.38 bits per heavy atom. The summed E-state index contributed by atoms with van der Waals surface area (Å²) in [5, 5.41) is 13.4. The smallest absolute Gasteiger partial charge is 0.227 e. The molecule has 2 N–H and O–H groups in total. The molecule has 0 amide bonds. The van der Waals surface area contributed by atoms with Crippen LogP contribution in [0.1, 0.15) is 36.9 Å². The van der Waals surface area contributed by atoms with E-state index in [4.69, 9.17) is 16.4 Å². The van der Waals surface area contributed by atoms with Crippen molar-refractivity contribution in [3.63, 3.8) is 0 Å². The maximum Gasteiger partial charge on any atom is 0.227 e. The van der Waals surface area contributed by atoms with Crippen molar-refractivity contribution >= 4 is 28.5 Å². The Labute approximate surface area is 190 Å². The van der Waals surface area contributed by atoms with Crippen molar-refractivity contribution < 1.29 is 9.32 Å². The van der Waals surface area contributed by atoms with Crippen molar-refractivity contribution in [3.05, 3.63) is 23.7 Å². The second kappa shape index (κ2) is 8.64. The molecular weight excluding hydrogens is 426 g/mol. The van der Waals surface area contributed by atoms with Crippen molar-refractivity contribution in [2.75, 3.05) is 53.7 Å². The Morgan fingerprint density at radius 1 is 1.09 bits per heavy atom. The lowest BCUT2D eigenvalue weighted by atomic mass is 9.77. The maximum atomic E-state index is 12.8. The van der Waals surface area contributed by atoms with Crippen LogP contribution >= 0.6 is 0 Å². The fourth-order valence-corrected chi connectivity index (χ4v) is 5.77. The molecule has 0 spiro atoms. The minimum atomic E-state index is -1.11. The lowest BCUT2D eigenvalue weighted by Gasteiger charge is -2.42. The molecule has 9 nitrogen and oxygen atoms in total. The van der Waals surface area contributed by atoms with E-state index in [1.165, 1.54) is 0 Å². The van der Waals surface area contributed by atoms with E-state index < -0.39 is 10.8 Å². The number of piperazine rings is 1. The predicted molar refractivity (Wildman–Crippen MR) is 123 cm³/mol. The lowest BCUT2D eigenvalue weighted by Crippen LogP contribution is -2.49. The zero-order chi connectivity index (χ0) is 22.1. The molecule has 1 atom stereocenters. The Balaban J connectivity index is 1.37. The molecule has 5 rings (SSSR count). The summed E-state index contributed by atoms with van der Waals surface area (Å²) in [6.07, 6.45) is 13.2. The summed E-state index contributed by atoms with van der Waals surface area (Å²) < 4.78 is 12.8. The van der Waals surface area contributed by atoms with E-state index in [1.807, 2.05) is 0 Å². The first kappa shape index (κ1) is 21.1. The van der Waals surface area contributed by atoms with Gasteiger partial charge in [-0.3, -0.25) is 4.21 Å². The van der Waals surface area contributed by atoms with Gasteiger partial charge in [-0.25, -0.2) is 15.0 Å². The average Bonchev–Trinajstić information content (AvgIpc) is 2.81. The van der Waals surface area contributed by atoms with E-state index >= 15 is 0 Å². The van der Waals surface area contributed by atoms with Gasteiger partial charge in [0.15, 0.2) is 0 Å². The molecule has 168 valence electrons. The third-order valence-electron chi connectivity index (χ3n) is 6.54. The maximum absolute atomic E-state index is 12.8. The van der Waals surface area contributed by atoms with Crippen LogP contribution in [0.25, 0.3) is 0 Å². The lowest BCUT2D eigenvalue weighted by molar-refractivity contribution is 0.143. The van der Waals surface area contributed by atoms with E-state index in [1.54, 1.807) is 12.4 Å². The number of hydrogen-bond donors (Lipinski definition) is 2. The van der Waals surface area contributed by atoms with Crippen LogP contribution in [0.3, 0.4) is 0 Å². The molecule has 0 aromatic carbocycles. The molecule has 2 fully saturated rings. The number of nitrogens with one attached hydrogen (secondary N) is 1. The van der Waals surface area contributed by atoms with Crippen LogP contribution in [0, 0.1) is 12.3 Å². The van der Waals surface area contributed by atoms with E-state index in [0.29, 0.717) is 29.0 Å². The van der Waals surface area contributed by atoms with E-state index in [2.05, 4.69) is 31.0 Å².